The summed E-state index contributed by atoms with van der Waals surface area (Å²) >= 11 is 0. The molecule has 5 heteroatoms. The molecule has 0 bridgehead atoms. The Morgan fingerprint density at radius 1 is 1.38 bits per heavy atom. The van der Waals surface area contributed by atoms with Gasteiger partial charge in [0.25, 0.3) is 0 Å². The van der Waals surface area contributed by atoms with Crippen molar-refractivity contribution < 1.29 is 13.5 Å². The summed E-state index contributed by atoms with van der Waals surface area (Å²) in [6.07, 6.45) is 5.64. The molecule has 16 heavy (non-hydrogen) atoms. The van der Waals surface area contributed by atoms with Gasteiger partial charge in [-0.3, -0.25) is 0 Å². The number of aliphatic hydroxyl groups excluding tert-OH is 1. The fourth-order valence-electron chi connectivity index (χ4n) is 2.27. The molecule has 0 amide bonds. The first-order valence-electron chi connectivity index (χ1n) is 6.05. The van der Waals surface area contributed by atoms with E-state index in [0.29, 0.717) is 6.54 Å². The normalized spacial score (nSPS) is 22.2. The number of rotatable bonds is 6. The van der Waals surface area contributed by atoms with Crippen LogP contribution >= 0.6 is 0 Å². The smallest absolute Gasteiger partial charge is 0.216 e. The molecule has 1 aliphatic rings. The Bertz CT molecular complexity index is 307. The SMILES string of the molecule is CCC1(CNS(=O)(=O)C(C)CO)CCCC1. The van der Waals surface area contributed by atoms with E-state index < -0.39 is 15.3 Å². The zero-order chi connectivity index (χ0) is 12.2. The quantitative estimate of drug-likeness (QED) is 0.744. The standard InChI is InChI=1S/C11H23NO3S/c1-3-11(6-4-5-7-11)9-12-16(14,15)10(2)8-13/h10,12-13H,3-9H2,1-2H3. The van der Waals surface area contributed by atoms with E-state index in [1.54, 1.807) is 0 Å². The van der Waals surface area contributed by atoms with Crippen molar-refractivity contribution in [2.45, 2.75) is 51.2 Å². The van der Waals surface area contributed by atoms with Gasteiger partial charge in [-0.25, -0.2) is 13.1 Å². The number of hydrogen-bond donors (Lipinski definition) is 2. The highest BCUT2D eigenvalue weighted by atomic mass is 32.2. The van der Waals surface area contributed by atoms with E-state index >= 15 is 0 Å². The zero-order valence-electron chi connectivity index (χ0n) is 10.2. The van der Waals surface area contributed by atoms with E-state index in [2.05, 4.69) is 11.6 Å². The zero-order valence-corrected chi connectivity index (χ0v) is 11.0. The van der Waals surface area contributed by atoms with E-state index in [1.165, 1.54) is 19.8 Å². The summed E-state index contributed by atoms with van der Waals surface area (Å²) in [4.78, 5) is 0. The van der Waals surface area contributed by atoms with Crippen LogP contribution in [0.25, 0.3) is 0 Å². The van der Waals surface area contributed by atoms with E-state index in [0.717, 1.165) is 19.3 Å². The van der Waals surface area contributed by atoms with Crippen LogP contribution in [-0.4, -0.2) is 31.9 Å². The summed E-state index contributed by atoms with van der Waals surface area (Å²) in [5, 5.41) is 8.14. The molecule has 0 saturated heterocycles. The summed E-state index contributed by atoms with van der Waals surface area (Å²) in [6.45, 7) is 3.84. The van der Waals surface area contributed by atoms with Crippen LogP contribution in [0, 0.1) is 5.41 Å². The molecule has 0 radical (unpaired) electrons. The largest absolute Gasteiger partial charge is 0.395 e. The van der Waals surface area contributed by atoms with Crippen molar-refractivity contribution in [2.24, 2.45) is 5.41 Å². The van der Waals surface area contributed by atoms with Crippen molar-refractivity contribution in [3.05, 3.63) is 0 Å². The number of nitrogens with one attached hydrogen (secondary N) is 1. The molecule has 0 aromatic rings. The second-order valence-corrected chi connectivity index (χ2v) is 7.10. The van der Waals surface area contributed by atoms with Crippen LogP contribution < -0.4 is 4.72 Å². The summed E-state index contributed by atoms with van der Waals surface area (Å²) in [7, 11) is -3.35. The predicted octanol–water partition coefficient (Wildman–Crippen LogP) is 1.26. The van der Waals surface area contributed by atoms with Gasteiger partial charge in [0, 0.05) is 6.54 Å². The molecular weight excluding hydrogens is 226 g/mol. The summed E-state index contributed by atoms with van der Waals surface area (Å²) in [5.41, 5.74) is 0.155. The van der Waals surface area contributed by atoms with Crippen molar-refractivity contribution >= 4 is 10.0 Å². The third kappa shape index (κ3) is 3.18. The van der Waals surface area contributed by atoms with E-state index in [-0.39, 0.29) is 12.0 Å². The fourth-order valence-corrected chi connectivity index (χ4v) is 3.26. The molecule has 1 unspecified atom stereocenters. The molecule has 4 nitrogen and oxygen atoms in total. The second kappa shape index (κ2) is 5.47. The minimum absolute atomic E-state index is 0.155. The average Bonchev–Trinajstić information content (AvgIpc) is 2.75. The van der Waals surface area contributed by atoms with Crippen molar-refractivity contribution in [3.63, 3.8) is 0 Å². The summed E-state index contributed by atoms with van der Waals surface area (Å²) in [6, 6.07) is 0. The maximum Gasteiger partial charge on any atom is 0.216 e. The molecule has 2 N–H and O–H groups in total. The van der Waals surface area contributed by atoms with E-state index in [9.17, 15) is 8.42 Å². The van der Waals surface area contributed by atoms with Crippen LogP contribution in [0.3, 0.4) is 0 Å². The van der Waals surface area contributed by atoms with Gasteiger partial charge in [0.2, 0.25) is 10.0 Å². The summed E-state index contributed by atoms with van der Waals surface area (Å²) < 4.78 is 26.1. The Balaban J connectivity index is 2.56. The van der Waals surface area contributed by atoms with Crippen molar-refractivity contribution in [1.82, 2.24) is 4.72 Å². The van der Waals surface area contributed by atoms with Gasteiger partial charge >= 0.3 is 0 Å². The topological polar surface area (TPSA) is 66.4 Å². The third-order valence-electron chi connectivity index (χ3n) is 3.85. The minimum atomic E-state index is -3.35. The van der Waals surface area contributed by atoms with Gasteiger partial charge in [0.1, 0.15) is 0 Å². The molecule has 1 saturated carbocycles. The number of hydrogen-bond acceptors (Lipinski definition) is 3. The van der Waals surface area contributed by atoms with Gasteiger partial charge < -0.3 is 5.11 Å². The molecule has 1 rings (SSSR count). The van der Waals surface area contributed by atoms with Gasteiger partial charge in [0.05, 0.1) is 11.9 Å². The lowest BCUT2D eigenvalue weighted by atomic mass is 9.84. The van der Waals surface area contributed by atoms with E-state index in [4.69, 9.17) is 5.11 Å². The first kappa shape index (κ1) is 13.9. The molecule has 1 atom stereocenters. The highest BCUT2D eigenvalue weighted by Crippen LogP contribution is 2.40. The van der Waals surface area contributed by atoms with Crippen LogP contribution in [0.1, 0.15) is 46.0 Å². The number of sulfonamides is 1. The first-order valence-corrected chi connectivity index (χ1v) is 7.60. The summed E-state index contributed by atoms with van der Waals surface area (Å²) in [5.74, 6) is 0. The Hall–Kier alpha value is -0.130. The molecule has 0 heterocycles. The van der Waals surface area contributed by atoms with Crippen molar-refractivity contribution in [3.8, 4) is 0 Å². The predicted molar refractivity (Wildman–Crippen MR) is 64.7 cm³/mol. The molecular formula is C11H23NO3S. The Labute approximate surface area is 98.5 Å². The van der Waals surface area contributed by atoms with Gasteiger partial charge in [-0.2, -0.15) is 0 Å². The van der Waals surface area contributed by atoms with E-state index in [1.807, 2.05) is 0 Å². The van der Waals surface area contributed by atoms with Crippen molar-refractivity contribution in [1.29, 1.82) is 0 Å². The van der Waals surface area contributed by atoms with Gasteiger partial charge in [0.15, 0.2) is 0 Å². The van der Waals surface area contributed by atoms with Crippen LogP contribution in [0.15, 0.2) is 0 Å². The van der Waals surface area contributed by atoms with Crippen LogP contribution in [0.2, 0.25) is 0 Å². The molecule has 0 spiro atoms. The molecule has 1 fully saturated rings. The van der Waals surface area contributed by atoms with Crippen LogP contribution in [-0.2, 0) is 10.0 Å². The lowest BCUT2D eigenvalue weighted by Gasteiger charge is -2.28. The fraction of sp³-hybridized carbons (Fsp3) is 1.00. The lowest BCUT2D eigenvalue weighted by molar-refractivity contribution is 0.279. The molecule has 0 aliphatic heterocycles. The average molecular weight is 249 g/mol. The van der Waals surface area contributed by atoms with Gasteiger partial charge in [-0.15, -0.1) is 0 Å². The van der Waals surface area contributed by atoms with Gasteiger partial charge in [-0.1, -0.05) is 19.8 Å². The molecule has 0 aromatic heterocycles. The van der Waals surface area contributed by atoms with Crippen LogP contribution in [0.5, 0.6) is 0 Å². The highest BCUT2D eigenvalue weighted by Gasteiger charge is 2.33. The second-order valence-electron chi connectivity index (χ2n) is 4.92. The molecule has 0 aromatic carbocycles. The Kier molecular flexibility index (Phi) is 4.76. The highest BCUT2D eigenvalue weighted by molar-refractivity contribution is 7.90. The number of aliphatic hydroxyl groups is 1. The third-order valence-corrected chi connectivity index (χ3v) is 5.60. The first-order chi connectivity index (χ1) is 7.46. The van der Waals surface area contributed by atoms with Crippen LogP contribution in [0.4, 0.5) is 0 Å². The maximum atomic E-state index is 11.7. The van der Waals surface area contributed by atoms with Gasteiger partial charge in [-0.05, 0) is 31.6 Å². The maximum absolute atomic E-state index is 11.7. The molecule has 1 aliphatic carbocycles. The Morgan fingerprint density at radius 2 is 1.94 bits per heavy atom. The minimum Gasteiger partial charge on any atom is -0.395 e. The molecule has 96 valence electrons. The Morgan fingerprint density at radius 3 is 2.38 bits per heavy atom. The lowest BCUT2D eigenvalue weighted by Crippen LogP contribution is -2.40. The monoisotopic (exact) mass is 249 g/mol. The van der Waals surface area contributed by atoms with Crippen molar-refractivity contribution in [2.75, 3.05) is 13.2 Å².